The lowest BCUT2D eigenvalue weighted by atomic mass is 10.0. The van der Waals surface area contributed by atoms with Crippen LogP contribution in [-0.2, 0) is 36.2 Å². The molecule has 0 saturated carbocycles. The number of hydrogen-bond donors (Lipinski definition) is 0. The van der Waals surface area contributed by atoms with Crippen molar-refractivity contribution in [2.24, 2.45) is 0 Å². The van der Waals surface area contributed by atoms with Crippen molar-refractivity contribution in [1.82, 2.24) is 15.0 Å². The number of halogens is 6. The van der Waals surface area contributed by atoms with Gasteiger partial charge >= 0.3 is 12.4 Å². The summed E-state index contributed by atoms with van der Waals surface area (Å²) < 4.78 is 104. The van der Waals surface area contributed by atoms with Gasteiger partial charge in [0.05, 0.1) is 60.9 Å². The molecule has 1 unspecified atom stereocenters. The minimum Gasteiger partial charge on any atom is -0.489 e. The molecule has 1 aliphatic heterocycles. The number of aromatic nitrogens is 3. The van der Waals surface area contributed by atoms with Gasteiger partial charge in [-0.25, -0.2) is 15.0 Å². The largest absolute Gasteiger partial charge is 0.489 e. The third kappa shape index (κ3) is 8.23. The van der Waals surface area contributed by atoms with Crippen LogP contribution in [0, 0.1) is 0 Å². The maximum atomic E-state index is 13.6. The van der Waals surface area contributed by atoms with Crippen LogP contribution in [-0.4, -0.2) is 58.0 Å². The molecule has 4 rings (SSSR count). The number of nitrogens with zero attached hydrogens (tertiary/aromatic N) is 5. The van der Waals surface area contributed by atoms with E-state index >= 15 is 0 Å². The Morgan fingerprint density at radius 3 is 2.12 bits per heavy atom. The second-order valence-corrected chi connectivity index (χ2v) is 11.2. The normalized spacial score (nSPS) is 14.6. The number of methoxy groups -OCH3 is 1. The Morgan fingerprint density at radius 2 is 1.57 bits per heavy atom. The first-order valence-electron chi connectivity index (χ1n) is 12.9. The summed E-state index contributed by atoms with van der Waals surface area (Å²) in [4.78, 5) is 16.7. The van der Waals surface area contributed by atoms with Gasteiger partial charge in [0.25, 0.3) is 0 Å². The number of benzene rings is 1. The fourth-order valence-corrected chi connectivity index (χ4v) is 4.80. The van der Waals surface area contributed by atoms with Crippen LogP contribution in [0.1, 0.15) is 35.2 Å². The Kier molecular flexibility index (Phi) is 9.79. The van der Waals surface area contributed by atoms with Crippen molar-refractivity contribution in [3.63, 3.8) is 0 Å². The van der Waals surface area contributed by atoms with Crippen LogP contribution in [0.15, 0.2) is 42.7 Å². The van der Waals surface area contributed by atoms with Gasteiger partial charge in [-0.2, -0.15) is 26.3 Å². The van der Waals surface area contributed by atoms with E-state index in [-0.39, 0.29) is 48.8 Å². The average molecular weight is 618 g/mol. The summed E-state index contributed by atoms with van der Waals surface area (Å²) >= 11 is 0. The van der Waals surface area contributed by atoms with Crippen LogP contribution in [0.2, 0.25) is 0 Å². The lowest BCUT2D eigenvalue weighted by Gasteiger charge is -2.27. The van der Waals surface area contributed by atoms with Gasteiger partial charge in [-0.3, -0.25) is 4.21 Å². The minimum atomic E-state index is -4.99. The quantitative estimate of drug-likeness (QED) is 0.262. The maximum absolute atomic E-state index is 13.6. The van der Waals surface area contributed by atoms with Gasteiger partial charge in [-0.1, -0.05) is 0 Å². The Hall–Kier alpha value is -3.62. The number of anilines is 2. The van der Waals surface area contributed by atoms with Gasteiger partial charge in [0.15, 0.2) is 5.75 Å². The van der Waals surface area contributed by atoms with E-state index in [1.54, 1.807) is 6.07 Å². The van der Waals surface area contributed by atoms with E-state index in [9.17, 15) is 30.6 Å². The first-order chi connectivity index (χ1) is 19.8. The SMILES string of the molecule is COc1ccc(N2CCCC2)c(CN(Cc2cc(C(F)(F)F)cc(C(F)(F)F)c2)c2ncc(OCCS(C)=O)cn2)n1. The van der Waals surface area contributed by atoms with Gasteiger partial charge in [0, 0.05) is 42.8 Å². The van der Waals surface area contributed by atoms with Crippen LogP contribution in [0.4, 0.5) is 38.0 Å². The van der Waals surface area contributed by atoms with E-state index in [4.69, 9.17) is 9.47 Å². The molecule has 8 nitrogen and oxygen atoms in total. The highest BCUT2D eigenvalue weighted by molar-refractivity contribution is 7.84. The Bertz CT molecular complexity index is 1350. The summed E-state index contributed by atoms with van der Waals surface area (Å²) in [5.41, 5.74) is -1.80. The molecule has 0 amide bonds. The predicted octanol–water partition coefficient (Wildman–Crippen LogP) is 5.48. The van der Waals surface area contributed by atoms with E-state index in [0.717, 1.165) is 31.6 Å². The third-order valence-electron chi connectivity index (χ3n) is 6.48. The zero-order valence-electron chi connectivity index (χ0n) is 22.8. The Labute approximate surface area is 241 Å². The molecule has 1 aliphatic rings. The standard InChI is InChI=1S/C27H29F6N5O3S/c1-40-24-6-5-23(37-7-3-4-8-37)22(36-24)17-38(25-34-14-21(15-35-25)41-9-10-42(2)39)16-18-11-19(26(28,29)30)13-20(12-18)27(31,32)33/h5-6,11-15H,3-4,7-10,16-17H2,1-2H3. The predicted molar refractivity (Wildman–Crippen MR) is 145 cm³/mol. The third-order valence-corrected chi connectivity index (χ3v) is 7.22. The molecule has 42 heavy (non-hydrogen) atoms. The molecule has 1 aromatic carbocycles. The molecule has 0 N–H and O–H groups in total. The van der Waals surface area contributed by atoms with Gasteiger partial charge < -0.3 is 19.3 Å². The van der Waals surface area contributed by atoms with Crippen LogP contribution >= 0.6 is 0 Å². The van der Waals surface area contributed by atoms with Crippen molar-refractivity contribution in [2.45, 2.75) is 38.3 Å². The van der Waals surface area contributed by atoms with E-state index in [0.29, 0.717) is 23.7 Å². The molecule has 3 heterocycles. The molecule has 1 atom stereocenters. The lowest BCUT2D eigenvalue weighted by Crippen LogP contribution is -2.28. The molecule has 2 aromatic heterocycles. The number of rotatable bonds is 11. The Balaban J connectivity index is 1.73. The molecular formula is C27H29F6N5O3S. The van der Waals surface area contributed by atoms with Gasteiger partial charge in [-0.15, -0.1) is 0 Å². The molecule has 0 aliphatic carbocycles. The number of hydrogen-bond acceptors (Lipinski definition) is 8. The summed E-state index contributed by atoms with van der Waals surface area (Å²) in [6, 6.07) is 4.98. The van der Waals surface area contributed by atoms with Crippen molar-refractivity contribution >= 4 is 22.4 Å². The lowest BCUT2D eigenvalue weighted by molar-refractivity contribution is -0.143. The van der Waals surface area contributed by atoms with Crippen LogP contribution in [0.25, 0.3) is 0 Å². The molecule has 1 fully saturated rings. The summed E-state index contributed by atoms with van der Waals surface area (Å²) in [6.45, 7) is 1.26. The molecule has 228 valence electrons. The van der Waals surface area contributed by atoms with Crippen molar-refractivity contribution in [2.75, 3.05) is 48.6 Å². The first kappa shape index (κ1) is 31.3. The molecule has 1 saturated heterocycles. The van der Waals surface area contributed by atoms with E-state index in [1.807, 2.05) is 6.07 Å². The molecule has 15 heteroatoms. The minimum absolute atomic E-state index is 0.0318. The van der Waals surface area contributed by atoms with E-state index in [2.05, 4.69) is 19.9 Å². The highest BCUT2D eigenvalue weighted by atomic mass is 32.2. The fraction of sp³-hybridized carbons (Fsp3) is 0.444. The molecule has 0 radical (unpaired) electrons. The molecule has 3 aromatic rings. The monoisotopic (exact) mass is 617 g/mol. The highest BCUT2D eigenvalue weighted by Crippen LogP contribution is 2.37. The molecule has 0 bridgehead atoms. The van der Waals surface area contributed by atoms with Crippen molar-refractivity contribution in [3.05, 3.63) is 65.1 Å². The van der Waals surface area contributed by atoms with Crippen LogP contribution in [0.3, 0.4) is 0 Å². The van der Waals surface area contributed by atoms with Gasteiger partial charge in [0.1, 0.15) is 0 Å². The molecular weight excluding hydrogens is 588 g/mol. The number of pyridine rings is 1. The second-order valence-electron chi connectivity index (χ2n) is 9.63. The summed E-state index contributed by atoms with van der Waals surface area (Å²) in [5.74, 6) is 0.875. The molecule has 0 spiro atoms. The first-order valence-corrected chi connectivity index (χ1v) is 14.6. The smallest absolute Gasteiger partial charge is 0.416 e. The maximum Gasteiger partial charge on any atom is 0.416 e. The summed E-state index contributed by atoms with van der Waals surface area (Å²) in [7, 11) is 0.366. The zero-order valence-corrected chi connectivity index (χ0v) is 23.7. The topological polar surface area (TPSA) is 80.7 Å². The zero-order chi connectivity index (χ0) is 30.5. The van der Waals surface area contributed by atoms with Crippen molar-refractivity contribution < 1.29 is 40.0 Å². The number of ether oxygens (including phenoxy) is 2. The second kappa shape index (κ2) is 13.1. The van der Waals surface area contributed by atoms with Gasteiger partial charge in [0.2, 0.25) is 11.8 Å². The van der Waals surface area contributed by atoms with E-state index < -0.39 is 34.3 Å². The van der Waals surface area contributed by atoms with Crippen molar-refractivity contribution in [3.8, 4) is 11.6 Å². The average Bonchev–Trinajstić information content (AvgIpc) is 3.46. The van der Waals surface area contributed by atoms with Gasteiger partial charge in [-0.05, 0) is 42.7 Å². The van der Waals surface area contributed by atoms with Crippen LogP contribution in [0.5, 0.6) is 11.6 Å². The highest BCUT2D eigenvalue weighted by Gasteiger charge is 2.37. The summed E-state index contributed by atoms with van der Waals surface area (Å²) in [6.07, 6.45) is -3.85. The Morgan fingerprint density at radius 1 is 0.952 bits per heavy atom. The van der Waals surface area contributed by atoms with Crippen LogP contribution < -0.4 is 19.3 Å². The van der Waals surface area contributed by atoms with Crippen molar-refractivity contribution in [1.29, 1.82) is 0 Å². The fourth-order valence-electron chi connectivity index (χ4n) is 4.48. The summed E-state index contributed by atoms with van der Waals surface area (Å²) in [5, 5.41) is 0. The van der Waals surface area contributed by atoms with E-state index in [1.165, 1.54) is 30.7 Å². The number of alkyl halides is 6.